The first-order valence-corrected chi connectivity index (χ1v) is 7.75. The van der Waals surface area contributed by atoms with Gasteiger partial charge >= 0.3 is 0 Å². The lowest BCUT2D eigenvalue weighted by atomic mass is 10.0. The molecule has 0 aromatic carbocycles. The van der Waals surface area contributed by atoms with Gasteiger partial charge in [0.05, 0.1) is 12.4 Å². The Bertz CT molecular complexity index is 479. The maximum atomic E-state index is 12.8. The number of carbonyl (C=O) groups excluding carboxylic acids is 1. The molecule has 0 spiro atoms. The molecule has 1 saturated heterocycles. The highest BCUT2D eigenvalue weighted by Gasteiger charge is 2.30. The predicted octanol–water partition coefficient (Wildman–Crippen LogP) is 2.21. The number of likely N-dealkylation sites (tertiary alicyclic amines) is 1. The Morgan fingerprint density at radius 3 is 2.38 bits per heavy atom. The normalized spacial score (nSPS) is 20.7. The van der Waals surface area contributed by atoms with E-state index in [-0.39, 0.29) is 12.0 Å². The second-order valence-electron chi connectivity index (χ2n) is 5.95. The molecule has 2 fully saturated rings. The third-order valence-corrected chi connectivity index (χ3v) is 4.46. The van der Waals surface area contributed by atoms with Gasteiger partial charge in [-0.2, -0.15) is 0 Å². The molecule has 0 atom stereocenters. The van der Waals surface area contributed by atoms with Crippen molar-refractivity contribution in [3.8, 4) is 0 Å². The van der Waals surface area contributed by atoms with Crippen molar-refractivity contribution in [3.05, 3.63) is 18.2 Å². The van der Waals surface area contributed by atoms with Gasteiger partial charge in [0.1, 0.15) is 0 Å². The van der Waals surface area contributed by atoms with E-state index in [0.29, 0.717) is 11.9 Å². The van der Waals surface area contributed by atoms with E-state index >= 15 is 0 Å². The predicted molar refractivity (Wildman–Crippen MR) is 77.2 cm³/mol. The molecule has 1 aromatic heterocycles. The van der Waals surface area contributed by atoms with E-state index in [4.69, 9.17) is 0 Å². The standard InChI is InChI=1S/C15H21FN4O/c16-12-9-17-15(18-10-12)19-13-5-7-20(8-6-13)14(21)11-3-1-2-4-11/h9-11,13H,1-8H2,(H,17,18,19). The number of amides is 1. The van der Waals surface area contributed by atoms with Crippen molar-refractivity contribution in [2.45, 2.75) is 44.6 Å². The van der Waals surface area contributed by atoms with Gasteiger partial charge < -0.3 is 10.2 Å². The van der Waals surface area contributed by atoms with E-state index < -0.39 is 5.82 Å². The SMILES string of the molecule is O=C(C1CCCC1)N1CCC(Nc2ncc(F)cn2)CC1. The number of piperidine rings is 1. The molecule has 1 aliphatic carbocycles. The molecule has 1 amide bonds. The van der Waals surface area contributed by atoms with Crippen LogP contribution >= 0.6 is 0 Å². The second kappa shape index (κ2) is 6.37. The number of hydrogen-bond acceptors (Lipinski definition) is 4. The molecular weight excluding hydrogens is 271 g/mol. The summed E-state index contributed by atoms with van der Waals surface area (Å²) in [5.74, 6) is 0.619. The summed E-state index contributed by atoms with van der Waals surface area (Å²) in [6.07, 6.45) is 8.59. The van der Waals surface area contributed by atoms with Gasteiger partial charge in [0.2, 0.25) is 11.9 Å². The van der Waals surface area contributed by atoms with E-state index in [1.54, 1.807) is 0 Å². The maximum Gasteiger partial charge on any atom is 0.225 e. The Morgan fingerprint density at radius 2 is 1.76 bits per heavy atom. The zero-order valence-corrected chi connectivity index (χ0v) is 12.1. The Morgan fingerprint density at radius 1 is 1.14 bits per heavy atom. The summed E-state index contributed by atoms with van der Waals surface area (Å²) < 4.78 is 12.8. The summed E-state index contributed by atoms with van der Waals surface area (Å²) >= 11 is 0. The minimum absolute atomic E-state index is 0.253. The highest BCUT2D eigenvalue weighted by Crippen LogP contribution is 2.27. The molecule has 0 radical (unpaired) electrons. The Kier molecular flexibility index (Phi) is 4.31. The number of carbonyl (C=O) groups is 1. The number of nitrogens with one attached hydrogen (secondary N) is 1. The third kappa shape index (κ3) is 3.49. The minimum Gasteiger partial charge on any atom is -0.351 e. The van der Waals surface area contributed by atoms with Crippen LogP contribution in [0.2, 0.25) is 0 Å². The number of nitrogens with zero attached hydrogens (tertiary/aromatic N) is 3. The molecule has 0 bridgehead atoms. The van der Waals surface area contributed by atoms with Crippen LogP contribution in [0.3, 0.4) is 0 Å². The largest absolute Gasteiger partial charge is 0.351 e. The van der Waals surface area contributed by atoms with Crippen molar-refractivity contribution in [1.82, 2.24) is 14.9 Å². The fourth-order valence-electron chi connectivity index (χ4n) is 3.24. The molecule has 0 unspecified atom stereocenters. The first-order chi connectivity index (χ1) is 10.2. The van der Waals surface area contributed by atoms with Gasteiger partial charge in [-0.25, -0.2) is 14.4 Å². The van der Waals surface area contributed by atoms with Gasteiger partial charge in [0.15, 0.2) is 5.82 Å². The van der Waals surface area contributed by atoms with Crippen LogP contribution in [0.15, 0.2) is 12.4 Å². The molecule has 1 aromatic rings. The van der Waals surface area contributed by atoms with Crippen molar-refractivity contribution in [1.29, 1.82) is 0 Å². The zero-order valence-electron chi connectivity index (χ0n) is 12.1. The Labute approximate surface area is 124 Å². The van der Waals surface area contributed by atoms with E-state index in [2.05, 4.69) is 15.3 Å². The van der Waals surface area contributed by atoms with Crippen LogP contribution in [0, 0.1) is 11.7 Å². The zero-order chi connectivity index (χ0) is 14.7. The van der Waals surface area contributed by atoms with Crippen LogP contribution in [-0.4, -0.2) is 39.9 Å². The van der Waals surface area contributed by atoms with Crippen molar-refractivity contribution in [2.75, 3.05) is 18.4 Å². The van der Waals surface area contributed by atoms with Crippen LogP contribution in [0.1, 0.15) is 38.5 Å². The molecule has 6 heteroatoms. The van der Waals surface area contributed by atoms with Gasteiger partial charge in [-0.05, 0) is 25.7 Å². The monoisotopic (exact) mass is 292 g/mol. The van der Waals surface area contributed by atoms with Crippen LogP contribution < -0.4 is 5.32 Å². The molecule has 5 nitrogen and oxygen atoms in total. The molecule has 1 N–H and O–H groups in total. The third-order valence-electron chi connectivity index (χ3n) is 4.46. The summed E-state index contributed by atoms with van der Waals surface area (Å²) in [6, 6.07) is 0.253. The van der Waals surface area contributed by atoms with Gasteiger partial charge in [-0.15, -0.1) is 0 Å². The summed E-state index contributed by atoms with van der Waals surface area (Å²) in [6.45, 7) is 1.57. The summed E-state index contributed by atoms with van der Waals surface area (Å²) in [5.41, 5.74) is 0. The van der Waals surface area contributed by atoms with Crippen molar-refractivity contribution >= 4 is 11.9 Å². The topological polar surface area (TPSA) is 58.1 Å². The molecule has 2 aliphatic rings. The quantitative estimate of drug-likeness (QED) is 0.928. The summed E-state index contributed by atoms with van der Waals surface area (Å²) in [4.78, 5) is 22.2. The van der Waals surface area contributed by atoms with Crippen LogP contribution in [0.4, 0.5) is 10.3 Å². The van der Waals surface area contributed by atoms with Crippen molar-refractivity contribution in [3.63, 3.8) is 0 Å². The summed E-state index contributed by atoms with van der Waals surface area (Å²) in [5, 5.41) is 3.21. The average molecular weight is 292 g/mol. The lowest BCUT2D eigenvalue weighted by molar-refractivity contribution is -0.136. The molecule has 1 saturated carbocycles. The first-order valence-electron chi connectivity index (χ1n) is 7.75. The van der Waals surface area contributed by atoms with Gasteiger partial charge in [-0.3, -0.25) is 4.79 Å². The first kappa shape index (κ1) is 14.2. The number of anilines is 1. The second-order valence-corrected chi connectivity index (χ2v) is 5.95. The number of aromatic nitrogens is 2. The van der Waals surface area contributed by atoms with E-state index in [0.717, 1.165) is 51.2 Å². The van der Waals surface area contributed by atoms with Crippen LogP contribution in [-0.2, 0) is 4.79 Å². The fraction of sp³-hybridized carbons (Fsp3) is 0.667. The molecule has 1 aliphatic heterocycles. The van der Waals surface area contributed by atoms with Crippen LogP contribution in [0.5, 0.6) is 0 Å². The Hall–Kier alpha value is -1.72. The number of hydrogen-bond donors (Lipinski definition) is 1. The highest BCUT2D eigenvalue weighted by atomic mass is 19.1. The van der Waals surface area contributed by atoms with Crippen LogP contribution in [0.25, 0.3) is 0 Å². The lowest BCUT2D eigenvalue weighted by Gasteiger charge is -2.33. The molecule has 3 rings (SSSR count). The molecular formula is C15H21FN4O. The minimum atomic E-state index is -0.433. The number of halogens is 1. The van der Waals surface area contributed by atoms with E-state index in [1.165, 1.54) is 12.8 Å². The van der Waals surface area contributed by atoms with Crippen molar-refractivity contribution < 1.29 is 9.18 Å². The number of rotatable bonds is 3. The van der Waals surface area contributed by atoms with E-state index in [1.807, 2.05) is 4.90 Å². The maximum absolute atomic E-state index is 12.8. The highest BCUT2D eigenvalue weighted by molar-refractivity contribution is 5.79. The van der Waals surface area contributed by atoms with Crippen molar-refractivity contribution in [2.24, 2.45) is 5.92 Å². The van der Waals surface area contributed by atoms with Gasteiger partial charge in [0.25, 0.3) is 0 Å². The molecule has 2 heterocycles. The van der Waals surface area contributed by atoms with Gasteiger partial charge in [0, 0.05) is 25.0 Å². The Balaban J connectivity index is 1.48. The molecule has 114 valence electrons. The fourth-order valence-corrected chi connectivity index (χ4v) is 3.24. The smallest absolute Gasteiger partial charge is 0.225 e. The van der Waals surface area contributed by atoms with Gasteiger partial charge in [-0.1, -0.05) is 12.8 Å². The lowest BCUT2D eigenvalue weighted by Crippen LogP contribution is -2.44. The molecule has 21 heavy (non-hydrogen) atoms. The van der Waals surface area contributed by atoms with E-state index in [9.17, 15) is 9.18 Å². The summed E-state index contributed by atoms with van der Waals surface area (Å²) in [7, 11) is 0. The average Bonchev–Trinajstić information content (AvgIpc) is 3.04.